The molecule has 0 amide bonds. The van der Waals surface area contributed by atoms with Gasteiger partial charge in [0.2, 0.25) is 0 Å². The summed E-state index contributed by atoms with van der Waals surface area (Å²) in [6, 6.07) is 8.92. The largest absolute Gasteiger partial charge is 0.507 e. The number of carboxylic acid groups (broad SMARTS) is 4. The number of fused-ring (bicyclic) bond motifs is 2. The van der Waals surface area contributed by atoms with Crippen LogP contribution in [-0.4, -0.2) is 54.5 Å². The standard InChI is InChI=1S/C24H14O10/c25-17-7-15(23(31)32)13-5-9(21(27)28)1-3-11(13)19(17)20-12-4-2-10(22(29)30)6-14(12)16(24(33)34)8-18(20)26/h1-8,25-26H,(H,27,28)(H,29,30)(H,31,32)(H,33,34). The van der Waals surface area contributed by atoms with E-state index in [4.69, 9.17) is 0 Å². The van der Waals surface area contributed by atoms with Crippen LogP contribution in [0.15, 0.2) is 48.5 Å². The van der Waals surface area contributed by atoms with Gasteiger partial charge in [-0.2, -0.15) is 0 Å². The summed E-state index contributed by atoms with van der Waals surface area (Å²) in [6.45, 7) is 0. The highest BCUT2D eigenvalue weighted by molar-refractivity contribution is 6.18. The molecule has 0 radical (unpaired) electrons. The van der Waals surface area contributed by atoms with Crippen LogP contribution >= 0.6 is 0 Å². The molecule has 34 heavy (non-hydrogen) atoms. The number of rotatable bonds is 5. The maximum atomic E-state index is 11.8. The molecule has 0 bridgehead atoms. The van der Waals surface area contributed by atoms with Gasteiger partial charge in [-0.25, -0.2) is 19.2 Å². The summed E-state index contributed by atoms with van der Waals surface area (Å²) in [4.78, 5) is 46.4. The molecular formula is C24H14O10. The van der Waals surface area contributed by atoms with E-state index < -0.39 is 46.5 Å². The van der Waals surface area contributed by atoms with Gasteiger partial charge in [0.25, 0.3) is 0 Å². The first-order valence-corrected chi connectivity index (χ1v) is 9.54. The fourth-order valence-electron chi connectivity index (χ4n) is 3.96. The summed E-state index contributed by atoms with van der Waals surface area (Å²) in [5.41, 5.74) is -1.38. The Hall–Kier alpha value is -5.12. The Morgan fingerprint density at radius 1 is 0.471 bits per heavy atom. The Morgan fingerprint density at radius 2 is 0.824 bits per heavy atom. The van der Waals surface area contributed by atoms with Gasteiger partial charge in [0.15, 0.2) is 0 Å². The lowest BCUT2D eigenvalue weighted by Crippen LogP contribution is -2.03. The van der Waals surface area contributed by atoms with Gasteiger partial charge in [-0.3, -0.25) is 0 Å². The van der Waals surface area contributed by atoms with Crippen molar-refractivity contribution in [1.29, 1.82) is 0 Å². The Kier molecular flexibility index (Phi) is 5.06. The van der Waals surface area contributed by atoms with E-state index in [2.05, 4.69) is 0 Å². The minimum absolute atomic E-state index is 0.0442. The second-order valence-electron chi connectivity index (χ2n) is 7.38. The molecule has 0 unspecified atom stereocenters. The predicted molar refractivity (Wildman–Crippen MR) is 118 cm³/mol. The Morgan fingerprint density at radius 3 is 1.12 bits per heavy atom. The van der Waals surface area contributed by atoms with Crippen molar-refractivity contribution >= 4 is 45.4 Å². The monoisotopic (exact) mass is 462 g/mol. The number of aromatic hydroxyl groups is 2. The normalized spacial score (nSPS) is 10.9. The van der Waals surface area contributed by atoms with Crippen molar-refractivity contribution in [3.8, 4) is 22.6 Å². The molecule has 4 aromatic carbocycles. The Bertz CT molecular complexity index is 1460. The van der Waals surface area contributed by atoms with Crippen LogP contribution in [0, 0.1) is 0 Å². The number of phenolic OH excluding ortho intramolecular Hbond substituents is 2. The highest BCUT2D eigenvalue weighted by Gasteiger charge is 2.25. The Balaban J connectivity index is 2.20. The van der Waals surface area contributed by atoms with Crippen molar-refractivity contribution in [2.45, 2.75) is 0 Å². The molecule has 6 N–H and O–H groups in total. The number of carbonyl (C=O) groups is 4. The van der Waals surface area contributed by atoms with Crippen LogP contribution in [0.1, 0.15) is 41.4 Å². The number of carboxylic acids is 4. The first-order chi connectivity index (χ1) is 16.0. The average molecular weight is 462 g/mol. The molecule has 0 fully saturated rings. The molecule has 0 aliphatic rings. The van der Waals surface area contributed by atoms with E-state index in [9.17, 15) is 49.8 Å². The van der Waals surface area contributed by atoms with Gasteiger partial charge < -0.3 is 30.6 Å². The minimum Gasteiger partial charge on any atom is -0.507 e. The third-order valence-electron chi connectivity index (χ3n) is 5.44. The highest BCUT2D eigenvalue weighted by atomic mass is 16.4. The first-order valence-electron chi connectivity index (χ1n) is 9.54. The molecule has 0 atom stereocenters. The second kappa shape index (κ2) is 7.78. The fraction of sp³-hybridized carbons (Fsp3) is 0. The summed E-state index contributed by atoms with van der Waals surface area (Å²) in [7, 11) is 0. The Labute approximate surface area is 189 Å². The van der Waals surface area contributed by atoms with Crippen molar-refractivity contribution in [3.05, 3.63) is 70.8 Å². The van der Waals surface area contributed by atoms with Crippen LogP contribution in [-0.2, 0) is 0 Å². The molecule has 0 saturated carbocycles. The molecule has 170 valence electrons. The molecule has 10 nitrogen and oxygen atoms in total. The number of hydrogen-bond acceptors (Lipinski definition) is 6. The predicted octanol–water partition coefficient (Wildman–Crippen LogP) is 3.86. The van der Waals surface area contributed by atoms with Gasteiger partial charge in [-0.15, -0.1) is 0 Å². The number of benzene rings is 4. The zero-order valence-electron chi connectivity index (χ0n) is 16.9. The third kappa shape index (κ3) is 3.39. The van der Waals surface area contributed by atoms with Crippen molar-refractivity contribution in [3.63, 3.8) is 0 Å². The lowest BCUT2D eigenvalue weighted by atomic mass is 9.88. The lowest BCUT2D eigenvalue weighted by molar-refractivity contribution is 0.0685. The molecular weight excluding hydrogens is 448 g/mol. The van der Waals surface area contributed by atoms with Gasteiger partial charge in [-0.1, -0.05) is 12.1 Å². The smallest absolute Gasteiger partial charge is 0.336 e. The zero-order valence-corrected chi connectivity index (χ0v) is 16.9. The molecule has 10 heteroatoms. The SMILES string of the molecule is O=C(O)c1ccc2c(-c3c(O)cc(C(=O)O)c4cc(C(=O)O)ccc34)c(O)cc(C(=O)O)c2c1. The van der Waals surface area contributed by atoms with Crippen LogP contribution in [0.5, 0.6) is 11.5 Å². The number of phenols is 2. The van der Waals surface area contributed by atoms with Crippen LogP contribution in [0.25, 0.3) is 32.7 Å². The molecule has 0 aliphatic carbocycles. The first kappa shape index (κ1) is 22.1. The van der Waals surface area contributed by atoms with E-state index in [1.165, 1.54) is 24.3 Å². The van der Waals surface area contributed by atoms with Crippen LogP contribution in [0.2, 0.25) is 0 Å². The summed E-state index contributed by atoms with van der Waals surface area (Å²) in [5.74, 6) is -6.64. The molecule has 0 aromatic heterocycles. The zero-order chi connectivity index (χ0) is 24.9. The van der Waals surface area contributed by atoms with Crippen molar-refractivity contribution in [1.82, 2.24) is 0 Å². The number of aromatic carboxylic acids is 4. The average Bonchev–Trinajstić information content (AvgIpc) is 2.77. The summed E-state index contributed by atoms with van der Waals surface area (Å²) in [5, 5.41) is 59.4. The van der Waals surface area contributed by atoms with Crippen LogP contribution < -0.4 is 0 Å². The van der Waals surface area contributed by atoms with Crippen molar-refractivity contribution in [2.75, 3.05) is 0 Å². The van der Waals surface area contributed by atoms with Crippen LogP contribution in [0.3, 0.4) is 0 Å². The van der Waals surface area contributed by atoms with Gasteiger partial charge in [0.1, 0.15) is 11.5 Å². The summed E-state index contributed by atoms with van der Waals surface area (Å²) >= 11 is 0. The van der Waals surface area contributed by atoms with Crippen LogP contribution in [0.4, 0.5) is 0 Å². The summed E-state index contributed by atoms with van der Waals surface area (Å²) in [6.07, 6.45) is 0. The van der Waals surface area contributed by atoms with E-state index in [0.717, 1.165) is 24.3 Å². The second-order valence-corrected chi connectivity index (χ2v) is 7.38. The molecule has 0 aliphatic heterocycles. The van der Waals surface area contributed by atoms with Gasteiger partial charge in [-0.05, 0) is 57.9 Å². The molecule has 0 spiro atoms. The van der Waals surface area contributed by atoms with E-state index in [1.54, 1.807) is 0 Å². The maximum absolute atomic E-state index is 11.8. The lowest BCUT2D eigenvalue weighted by Gasteiger charge is -2.17. The molecule has 0 saturated heterocycles. The quantitative estimate of drug-likeness (QED) is 0.254. The topological polar surface area (TPSA) is 190 Å². The van der Waals surface area contributed by atoms with Gasteiger partial charge >= 0.3 is 23.9 Å². The van der Waals surface area contributed by atoms with E-state index in [-0.39, 0.29) is 43.8 Å². The fourth-order valence-corrected chi connectivity index (χ4v) is 3.96. The minimum atomic E-state index is -1.43. The highest BCUT2D eigenvalue weighted by Crippen LogP contribution is 2.46. The van der Waals surface area contributed by atoms with Gasteiger partial charge in [0.05, 0.1) is 22.3 Å². The van der Waals surface area contributed by atoms with Crippen molar-refractivity contribution in [2.24, 2.45) is 0 Å². The number of hydrogen-bond donors (Lipinski definition) is 6. The third-order valence-corrected chi connectivity index (χ3v) is 5.44. The van der Waals surface area contributed by atoms with E-state index in [0.29, 0.717) is 0 Å². The van der Waals surface area contributed by atoms with E-state index >= 15 is 0 Å². The summed E-state index contributed by atoms with van der Waals surface area (Å²) < 4.78 is 0. The molecule has 4 rings (SSSR count). The van der Waals surface area contributed by atoms with E-state index in [1.807, 2.05) is 0 Å². The maximum Gasteiger partial charge on any atom is 0.336 e. The molecule has 4 aromatic rings. The van der Waals surface area contributed by atoms with Gasteiger partial charge in [0, 0.05) is 11.1 Å². The van der Waals surface area contributed by atoms with Crippen molar-refractivity contribution < 1.29 is 49.8 Å². The molecule has 0 heterocycles.